The number of halogens is 2. The lowest BCUT2D eigenvalue weighted by atomic mass is 10.0. The molecule has 2 aromatic heterocycles. The third kappa shape index (κ3) is 3.71. The average molecular weight is 444 g/mol. The molecule has 0 unspecified atom stereocenters. The minimum Gasteiger partial charge on any atom is -0.461 e. The lowest BCUT2D eigenvalue weighted by molar-refractivity contribution is -0.116. The van der Waals surface area contributed by atoms with E-state index in [1.165, 1.54) is 0 Å². The quantitative estimate of drug-likeness (QED) is 0.373. The molecule has 7 heteroatoms. The van der Waals surface area contributed by atoms with Crippen LogP contribution in [0.5, 0.6) is 0 Å². The fraction of sp³-hybridized carbons (Fsp3) is 0.217. The number of amides is 1. The highest BCUT2D eigenvalue weighted by atomic mass is 35.5. The Morgan fingerprint density at radius 1 is 0.933 bits per heavy atom. The number of rotatable bonds is 4. The lowest BCUT2D eigenvalue weighted by Crippen LogP contribution is -2.16. The van der Waals surface area contributed by atoms with E-state index in [0.29, 0.717) is 32.5 Å². The van der Waals surface area contributed by atoms with Gasteiger partial charge in [-0.25, -0.2) is 4.79 Å². The molecule has 0 aliphatic carbocycles. The number of hydrogen-bond donors (Lipinski definition) is 1. The number of fused-ring (bicyclic) bond motifs is 2. The fourth-order valence-corrected chi connectivity index (χ4v) is 3.85. The Bertz CT molecular complexity index is 1370. The Kier molecular flexibility index (Phi) is 5.35. The molecule has 0 radical (unpaired) electrons. The van der Waals surface area contributed by atoms with E-state index in [4.69, 9.17) is 32.0 Å². The molecule has 30 heavy (non-hydrogen) atoms. The first kappa shape index (κ1) is 20.5. The van der Waals surface area contributed by atoms with Crippen LogP contribution < -0.4 is 10.9 Å². The van der Waals surface area contributed by atoms with Crippen LogP contribution in [-0.2, 0) is 11.2 Å². The molecule has 0 bridgehead atoms. The molecule has 2 heterocycles. The van der Waals surface area contributed by atoms with Gasteiger partial charge in [0.05, 0.1) is 10.0 Å². The Morgan fingerprint density at radius 3 is 2.37 bits per heavy atom. The lowest BCUT2D eigenvalue weighted by Gasteiger charge is -2.09. The number of carbonyl (C=O) groups excluding carboxylic acids is 1. The van der Waals surface area contributed by atoms with Crippen LogP contribution in [-0.4, -0.2) is 5.91 Å². The molecular weight excluding hydrogens is 425 g/mol. The minimum absolute atomic E-state index is 0.128. The van der Waals surface area contributed by atoms with Crippen molar-refractivity contribution in [3.8, 4) is 0 Å². The fourth-order valence-electron chi connectivity index (χ4n) is 3.55. The van der Waals surface area contributed by atoms with Crippen molar-refractivity contribution < 1.29 is 13.6 Å². The van der Waals surface area contributed by atoms with Gasteiger partial charge in [-0.15, -0.1) is 0 Å². The molecule has 0 fully saturated rings. The predicted molar refractivity (Wildman–Crippen MR) is 120 cm³/mol. The van der Waals surface area contributed by atoms with Crippen molar-refractivity contribution in [1.82, 2.24) is 0 Å². The van der Waals surface area contributed by atoms with E-state index < -0.39 is 5.63 Å². The van der Waals surface area contributed by atoms with Crippen LogP contribution in [0.4, 0.5) is 5.69 Å². The summed E-state index contributed by atoms with van der Waals surface area (Å²) in [5.74, 6) is 0.601. The largest absolute Gasteiger partial charge is 0.461 e. The first-order chi connectivity index (χ1) is 14.2. The van der Waals surface area contributed by atoms with Gasteiger partial charge in [-0.1, -0.05) is 23.2 Å². The third-order valence-electron chi connectivity index (χ3n) is 5.39. The number of carbonyl (C=O) groups is 1. The van der Waals surface area contributed by atoms with Gasteiger partial charge in [0, 0.05) is 34.5 Å². The molecule has 0 spiro atoms. The van der Waals surface area contributed by atoms with E-state index in [2.05, 4.69) is 5.32 Å². The maximum Gasteiger partial charge on any atom is 0.339 e. The Balaban J connectivity index is 1.61. The smallest absolute Gasteiger partial charge is 0.339 e. The van der Waals surface area contributed by atoms with E-state index >= 15 is 0 Å². The van der Waals surface area contributed by atoms with Gasteiger partial charge in [0.15, 0.2) is 0 Å². The molecule has 4 aromatic rings. The SMILES string of the molecule is Cc1oc2cc3oc(=O)c(CCC(=O)Nc4ccc(Cl)c(Cl)c4)c(C)c3cc2c1C. The maximum atomic E-state index is 12.6. The van der Waals surface area contributed by atoms with Gasteiger partial charge < -0.3 is 14.2 Å². The normalized spacial score (nSPS) is 11.4. The van der Waals surface area contributed by atoms with E-state index in [1.54, 1.807) is 24.3 Å². The second kappa shape index (κ2) is 7.82. The van der Waals surface area contributed by atoms with E-state index in [9.17, 15) is 9.59 Å². The monoisotopic (exact) mass is 443 g/mol. The standard InChI is InChI=1S/C23H19Cl2NO4/c1-11-13(3)29-20-10-21-17(9-16(11)20)12(2)15(23(28)30-21)5-7-22(27)26-14-4-6-18(24)19(25)8-14/h4,6,8-10H,5,7H2,1-3H3,(H,26,27). The van der Waals surface area contributed by atoms with E-state index in [1.807, 2.05) is 26.8 Å². The zero-order valence-electron chi connectivity index (χ0n) is 16.7. The highest BCUT2D eigenvalue weighted by Gasteiger charge is 2.16. The second-order valence-electron chi connectivity index (χ2n) is 7.30. The van der Waals surface area contributed by atoms with Crippen LogP contribution in [0.15, 0.2) is 44.0 Å². The molecule has 0 aliphatic heterocycles. The second-order valence-corrected chi connectivity index (χ2v) is 8.11. The molecule has 0 atom stereocenters. The van der Waals surface area contributed by atoms with Crippen LogP contribution in [0.25, 0.3) is 21.9 Å². The summed E-state index contributed by atoms with van der Waals surface area (Å²) in [6, 6.07) is 8.59. The van der Waals surface area contributed by atoms with Crippen molar-refractivity contribution >= 4 is 56.7 Å². The van der Waals surface area contributed by atoms with Crippen LogP contribution in [0.1, 0.15) is 28.9 Å². The molecule has 4 rings (SSSR count). The zero-order chi connectivity index (χ0) is 21.6. The topological polar surface area (TPSA) is 72.5 Å². The zero-order valence-corrected chi connectivity index (χ0v) is 18.2. The minimum atomic E-state index is -0.443. The molecule has 5 nitrogen and oxygen atoms in total. The van der Waals surface area contributed by atoms with Gasteiger partial charge in [0.1, 0.15) is 16.9 Å². The molecule has 1 N–H and O–H groups in total. The summed E-state index contributed by atoms with van der Waals surface area (Å²) in [6.07, 6.45) is 0.391. The van der Waals surface area contributed by atoms with E-state index in [0.717, 1.165) is 27.7 Å². The number of aryl methyl sites for hydroxylation is 3. The van der Waals surface area contributed by atoms with Crippen LogP contribution in [0.2, 0.25) is 10.0 Å². The number of anilines is 1. The molecule has 154 valence electrons. The molecule has 1 amide bonds. The summed E-state index contributed by atoms with van der Waals surface area (Å²) in [5, 5.41) is 5.36. The summed E-state index contributed by atoms with van der Waals surface area (Å²) in [4.78, 5) is 24.9. The summed E-state index contributed by atoms with van der Waals surface area (Å²) >= 11 is 11.9. The Morgan fingerprint density at radius 2 is 1.63 bits per heavy atom. The first-order valence-corrected chi connectivity index (χ1v) is 10.2. The summed E-state index contributed by atoms with van der Waals surface area (Å²) in [5.41, 5.74) is 3.62. The van der Waals surface area contributed by atoms with Crippen molar-refractivity contribution in [3.63, 3.8) is 0 Å². The summed E-state index contributed by atoms with van der Waals surface area (Å²) in [7, 11) is 0. The highest BCUT2D eigenvalue weighted by Crippen LogP contribution is 2.31. The summed E-state index contributed by atoms with van der Waals surface area (Å²) in [6.45, 7) is 5.77. The predicted octanol–water partition coefficient (Wildman–Crippen LogP) is 6.34. The van der Waals surface area contributed by atoms with E-state index in [-0.39, 0.29) is 18.7 Å². The molecule has 0 saturated heterocycles. The van der Waals surface area contributed by atoms with Crippen LogP contribution in [0, 0.1) is 20.8 Å². The van der Waals surface area contributed by atoms with Gasteiger partial charge in [-0.2, -0.15) is 0 Å². The van der Waals surface area contributed by atoms with Crippen molar-refractivity contribution in [1.29, 1.82) is 0 Å². The molecule has 0 aliphatic rings. The van der Waals surface area contributed by atoms with Gasteiger partial charge >= 0.3 is 5.63 Å². The molecule has 0 saturated carbocycles. The van der Waals surface area contributed by atoms with Gasteiger partial charge in [-0.05, 0) is 62.6 Å². The first-order valence-electron chi connectivity index (χ1n) is 9.45. The van der Waals surface area contributed by atoms with Crippen molar-refractivity contribution in [2.75, 3.05) is 5.32 Å². The Hall–Kier alpha value is -2.76. The number of nitrogens with one attached hydrogen (secondary N) is 1. The van der Waals surface area contributed by atoms with Crippen molar-refractivity contribution in [2.24, 2.45) is 0 Å². The molecular formula is C23H19Cl2NO4. The number of hydrogen-bond acceptors (Lipinski definition) is 4. The van der Waals surface area contributed by atoms with Gasteiger partial charge in [0.25, 0.3) is 0 Å². The third-order valence-corrected chi connectivity index (χ3v) is 6.13. The molecule has 2 aromatic carbocycles. The van der Waals surface area contributed by atoms with Gasteiger partial charge in [-0.3, -0.25) is 4.79 Å². The van der Waals surface area contributed by atoms with Crippen molar-refractivity contribution in [3.05, 3.63) is 73.2 Å². The number of furan rings is 1. The average Bonchev–Trinajstić information content (AvgIpc) is 2.96. The Labute approximate surface area is 182 Å². The van der Waals surface area contributed by atoms with Crippen molar-refractivity contribution in [2.45, 2.75) is 33.6 Å². The number of benzene rings is 2. The summed E-state index contributed by atoms with van der Waals surface area (Å²) < 4.78 is 11.3. The van der Waals surface area contributed by atoms with Gasteiger partial charge in [0.2, 0.25) is 5.91 Å². The maximum absolute atomic E-state index is 12.6. The van der Waals surface area contributed by atoms with Crippen LogP contribution in [0.3, 0.4) is 0 Å². The van der Waals surface area contributed by atoms with Crippen LogP contribution >= 0.6 is 23.2 Å². The highest BCUT2D eigenvalue weighted by molar-refractivity contribution is 6.42.